The molecule has 0 bridgehead atoms. The van der Waals surface area contributed by atoms with E-state index in [1.54, 1.807) is 30.3 Å². The average molecular weight is 287 g/mol. The Kier molecular flexibility index (Phi) is 4.04. The van der Waals surface area contributed by atoms with Crippen LogP contribution in [0.5, 0.6) is 0 Å². The average Bonchev–Trinajstić information content (AvgIpc) is 3.18. The molecule has 20 heavy (non-hydrogen) atoms. The monoisotopic (exact) mass is 287 g/mol. The van der Waals surface area contributed by atoms with Crippen molar-refractivity contribution in [2.24, 2.45) is 0 Å². The van der Waals surface area contributed by atoms with Crippen molar-refractivity contribution in [1.82, 2.24) is 4.90 Å². The van der Waals surface area contributed by atoms with Gasteiger partial charge in [0.2, 0.25) is 5.91 Å². The third-order valence-corrected chi connectivity index (χ3v) is 3.51. The maximum absolute atomic E-state index is 12.5. The van der Waals surface area contributed by atoms with E-state index in [2.05, 4.69) is 0 Å². The summed E-state index contributed by atoms with van der Waals surface area (Å²) in [6.45, 7) is -2.10. The highest BCUT2D eigenvalue weighted by atomic mass is 19.4. The lowest BCUT2D eigenvalue weighted by Crippen LogP contribution is -2.45. The van der Waals surface area contributed by atoms with Crippen LogP contribution in [0.3, 0.4) is 0 Å². The predicted octanol–water partition coefficient (Wildman–Crippen LogP) is 2.10. The van der Waals surface area contributed by atoms with Gasteiger partial charge in [-0.2, -0.15) is 13.2 Å². The lowest BCUT2D eigenvalue weighted by atomic mass is 9.94. The van der Waals surface area contributed by atoms with Crippen molar-refractivity contribution in [3.8, 4) is 0 Å². The first kappa shape index (κ1) is 14.8. The van der Waals surface area contributed by atoms with E-state index in [0.29, 0.717) is 17.7 Å². The number of amides is 1. The molecule has 3 nitrogen and oxygen atoms in total. The maximum Gasteiger partial charge on any atom is 0.406 e. The summed E-state index contributed by atoms with van der Waals surface area (Å²) >= 11 is 0. The molecule has 2 rings (SSSR count). The Hall–Kier alpha value is -1.56. The highest BCUT2D eigenvalue weighted by Crippen LogP contribution is 2.49. The number of rotatable bonds is 5. The van der Waals surface area contributed by atoms with Crippen molar-refractivity contribution in [3.05, 3.63) is 35.9 Å². The summed E-state index contributed by atoms with van der Waals surface area (Å²) in [5.41, 5.74) is -0.0862. The lowest BCUT2D eigenvalue weighted by Gasteiger charge is -2.28. The molecule has 1 aromatic carbocycles. The fourth-order valence-corrected chi connectivity index (χ4v) is 2.40. The van der Waals surface area contributed by atoms with Crippen LogP contribution in [0.25, 0.3) is 0 Å². The molecule has 1 aliphatic carbocycles. The van der Waals surface area contributed by atoms with Crippen LogP contribution in [-0.4, -0.2) is 41.8 Å². The zero-order valence-corrected chi connectivity index (χ0v) is 10.9. The van der Waals surface area contributed by atoms with E-state index in [9.17, 15) is 18.0 Å². The fraction of sp³-hybridized carbons (Fsp3) is 0.500. The second kappa shape index (κ2) is 5.44. The van der Waals surface area contributed by atoms with Crippen molar-refractivity contribution >= 4 is 5.91 Å². The van der Waals surface area contributed by atoms with Gasteiger partial charge in [-0.3, -0.25) is 4.79 Å². The summed E-state index contributed by atoms with van der Waals surface area (Å²) in [7, 11) is 0. The van der Waals surface area contributed by atoms with E-state index < -0.39 is 30.7 Å². The van der Waals surface area contributed by atoms with Gasteiger partial charge < -0.3 is 10.0 Å². The van der Waals surface area contributed by atoms with Crippen LogP contribution in [0.2, 0.25) is 0 Å². The molecule has 0 radical (unpaired) electrons. The van der Waals surface area contributed by atoms with Crippen molar-refractivity contribution in [1.29, 1.82) is 0 Å². The van der Waals surface area contributed by atoms with Gasteiger partial charge in [0.05, 0.1) is 12.0 Å². The van der Waals surface area contributed by atoms with Crippen LogP contribution in [0, 0.1) is 0 Å². The van der Waals surface area contributed by atoms with Gasteiger partial charge in [0.1, 0.15) is 6.54 Å². The Morgan fingerprint density at radius 3 is 2.30 bits per heavy atom. The molecule has 0 heterocycles. The van der Waals surface area contributed by atoms with Gasteiger partial charge in [0.15, 0.2) is 0 Å². The van der Waals surface area contributed by atoms with Gasteiger partial charge in [-0.1, -0.05) is 30.3 Å². The molecular weight excluding hydrogens is 271 g/mol. The van der Waals surface area contributed by atoms with Crippen LogP contribution in [0.4, 0.5) is 13.2 Å². The first-order valence-electron chi connectivity index (χ1n) is 6.41. The third-order valence-electron chi connectivity index (χ3n) is 3.51. The Bertz CT molecular complexity index is 469. The minimum absolute atomic E-state index is 0.299. The number of halogens is 3. The number of benzene rings is 1. The van der Waals surface area contributed by atoms with Crippen LogP contribution in [0.15, 0.2) is 30.3 Å². The van der Waals surface area contributed by atoms with Crippen LogP contribution < -0.4 is 0 Å². The molecular formula is C14H16F3NO2. The molecule has 1 N–H and O–H groups in total. The molecule has 0 unspecified atom stereocenters. The van der Waals surface area contributed by atoms with E-state index >= 15 is 0 Å². The standard InChI is InChI=1S/C14H16F3NO2/c15-14(16,17)10-18(8-9-19)12(20)13(6-7-13)11-4-2-1-3-5-11/h1-5,19H,6-10H2. The lowest BCUT2D eigenvalue weighted by molar-refractivity contribution is -0.163. The molecule has 0 atom stereocenters. The van der Waals surface area contributed by atoms with Crippen molar-refractivity contribution in [2.75, 3.05) is 19.7 Å². The fourth-order valence-electron chi connectivity index (χ4n) is 2.40. The second-order valence-electron chi connectivity index (χ2n) is 5.01. The zero-order chi connectivity index (χ0) is 14.8. The Morgan fingerprint density at radius 1 is 1.25 bits per heavy atom. The summed E-state index contributed by atoms with van der Waals surface area (Å²) in [6.07, 6.45) is -3.36. The highest BCUT2D eigenvalue weighted by Gasteiger charge is 2.53. The van der Waals surface area contributed by atoms with Gasteiger partial charge in [0.25, 0.3) is 0 Å². The van der Waals surface area contributed by atoms with E-state index in [-0.39, 0.29) is 6.54 Å². The molecule has 1 aromatic rings. The number of carbonyl (C=O) groups excluding carboxylic acids is 1. The van der Waals surface area contributed by atoms with Crippen molar-refractivity contribution in [3.63, 3.8) is 0 Å². The highest BCUT2D eigenvalue weighted by molar-refractivity contribution is 5.91. The normalized spacial score (nSPS) is 16.8. The molecule has 1 saturated carbocycles. The van der Waals surface area contributed by atoms with Crippen molar-refractivity contribution in [2.45, 2.75) is 24.4 Å². The van der Waals surface area contributed by atoms with E-state index in [1.807, 2.05) is 0 Å². The number of hydrogen-bond acceptors (Lipinski definition) is 2. The minimum atomic E-state index is -4.46. The molecule has 1 fully saturated rings. The molecule has 0 aromatic heterocycles. The predicted molar refractivity (Wildman–Crippen MR) is 67.1 cm³/mol. The molecule has 0 aliphatic heterocycles. The van der Waals surface area contributed by atoms with Gasteiger partial charge in [-0.05, 0) is 18.4 Å². The number of aliphatic hydroxyl groups is 1. The largest absolute Gasteiger partial charge is 0.406 e. The van der Waals surface area contributed by atoms with Crippen LogP contribution >= 0.6 is 0 Å². The molecule has 0 spiro atoms. The summed E-state index contributed by atoms with van der Waals surface area (Å²) in [5, 5.41) is 8.88. The topological polar surface area (TPSA) is 40.5 Å². The quantitative estimate of drug-likeness (QED) is 0.901. The van der Waals surface area contributed by atoms with Gasteiger partial charge in [-0.25, -0.2) is 0 Å². The molecule has 0 saturated heterocycles. The van der Waals surface area contributed by atoms with Gasteiger partial charge in [0, 0.05) is 6.54 Å². The molecule has 1 aliphatic rings. The first-order valence-corrected chi connectivity index (χ1v) is 6.41. The summed E-state index contributed by atoms with van der Waals surface area (Å²) < 4.78 is 37.6. The van der Waals surface area contributed by atoms with E-state index in [4.69, 9.17) is 5.11 Å². The summed E-state index contributed by atoms with van der Waals surface area (Å²) in [5.74, 6) is -0.546. The zero-order valence-electron chi connectivity index (χ0n) is 10.9. The molecule has 110 valence electrons. The number of nitrogens with zero attached hydrogens (tertiary/aromatic N) is 1. The smallest absolute Gasteiger partial charge is 0.395 e. The number of alkyl halides is 3. The minimum Gasteiger partial charge on any atom is -0.395 e. The molecule has 1 amide bonds. The summed E-state index contributed by atoms with van der Waals surface area (Å²) in [6, 6.07) is 8.85. The molecule has 6 heteroatoms. The number of hydrogen-bond donors (Lipinski definition) is 1. The van der Waals surface area contributed by atoms with E-state index in [1.165, 1.54) is 0 Å². The van der Waals surface area contributed by atoms with Gasteiger partial charge >= 0.3 is 6.18 Å². The summed E-state index contributed by atoms with van der Waals surface area (Å²) in [4.78, 5) is 13.1. The van der Waals surface area contributed by atoms with Crippen molar-refractivity contribution < 1.29 is 23.1 Å². The Morgan fingerprint density at radius 2 is 1.85 bits per heavy atom. The number of carbonyl (C=O) groups is 1. The number of aliphatic hydroxyl groups excluding tert-OH is 1. The van der Waals surface area contributed by atoms with Crippen LogP contribution in [-0.2, 0) is 10.2 Å². The van der Waals surface area contributed by atoms with E-state index in [0.717, 1.165) is 5.56 Å². The Balaban J connectivity index is 2.19. The first-order chi connectivity index (χ1) is 9.39. The second-order valence-corrected chi connectivity index (χ2v) is 5.01. The Labute approximate surface area is 115 Å². The SMILES string of the molecule is O=C(N(CCO)CC(F)(F)F)C1(c2ccccc2)CC1. The van der Waals surface area contributed by atoms with Gasteiger partial charge in [-0.15, -0.1) is 0 Å². The van der Waals surface area contributed by atoms with Crippen LogP contribution in [0.1, 0.15) is 18.4 Å². The maximum atomic E-state index is 12.5. The third kappa shape index (κ3) is 3.12.